The van der Waals surface area contributed by atoms with Gasteiger partial charge in [-0.3, -0.25) is 9.69 Å². The Morgan fingerprint density at radius 3 is 2.80 bits per heavy atom. The molecule has 2 aliphatic heterocycles. The molecule has 0 unspecified atom stereocenters. The van der Waals surface area contributed by atoms with Crippen LogP contribution in [0.1, 0.15) is 16.7 Å². The maximum absolute atomic E-state index is 12.4. The molecular weight excluding hydrogens is 252 g/mol. The van der Waals surface area contributed by atoms with E-state index in [9.17, 15) is 4.79 Å². The molecule has 3 rings (SSSR count). The highest BCUT2D eigenvalue weighted by molar-refractivity contribution is 5.78. The van der Waals surface area contributed by atoms with Gasteiger partial charge in [0, 0.05) is 26.2 Å². The number of amides is 1. The van der Waals surface area contributed by atoms with Crippen LogP contribution in [0, 0.1) is 6.92 Å². The predicted molar refractivity (Wildman–Crippen MR) is 77.6 cm³/mol. The molecular formula is C16H22N2O2. The molecule has 0 aromatic heterocycles. The Bertz CT molecular complexity index is 495. The fourth-order valence-corrected chi connectivity index (χ4v) is 2.95. The second kappa shape index (κ2) is 5.94. The first-order valence-electron chi connectivity index (χ1n) is 7.38. The summed E-state index contributed by atoms with van der Waals surface area (Å²) in [6.45, 7) is 7.49. The molecule has 0 bridgehead atoms. The van der Waals surface area contributed by atoms with Crippen molar-refractivity contribution in [3.05, 3.63) is 34.9 Å². The number of carbonyl (C=O) groups excluding carboxylic acids is 1. The van der Waals surface area contributed by atoms with Gasteiger partial charge in [-0.2, -0.15) is 0 Å². The molecule has 0 spiro atoms. The number of ether oxygens (including phenoxy) is 1. The number of carbonyl (C=O) groups is 1. The number of rotatable bonds is 2. The van der Waals surface area contributed by atoms with Crippen molar-refractivity contribution in [2.45, 2.75) is 19.9 Å². The summed E-state index contributed by atoms with van der Waals surface area (Å²) >= 11 is 0. The van der Waals surface area contributed by atoms with Crippen molar-refractivity contribution in [2.75, 3.05) is 39.4 Å². The van der Waals surface area contributed by atoms with Crippen LogP contribution in [0.15, 0.2) is 18.2 Å². The van der Waals surface area contributed by atoms with Crippen molar-refractivity contribution in [1.82, 2.24) is 9.80 Å². The van der Waals surface area contributed by atoms with Crippen LogP contribution in [0.4, 0.5) is 0 Å². The van der Waals surface area contributed by atoms with E-state index in [0.29, 0.717) is 6.54 Å². The van der Waals surface area contributed by atoms with E-state index in [1.807, 2.05) is 4.90 Å². The number of hydrogen-bond acceptors (Lipinski definition) is 3. The average Bonchev–Trinajstić information content (AvgIpc) is 2.47. The maximum Gasteiger partial charge on any atom is 0.237 e. The highest BCUT2D eigenvalue weighted by atomic mass is 16.5. The van der Waals surface area contributed by atoms with Gasteiger partial charge in [-0.15, -0.1) is 0 Å². The summed E-state index contributed by atoms with van der Waals surface area (Å²) in [6, 6.07) is 6.55. The second-order valence-corrected chi connectivity index (χ2v) is 5.73. The molecule has 0 N–H and O–H groups in total. The fraction of sp³-hybridized carbons (Fsp3) is 0.562. The molecule has 20 heavy (non-hydrogen) atoms. The Morgan fingerprint density at radius 1 is 1.20 bits per heavy atom. The van der Waals surface area contributed by atoms with Crippen LogP contribution in [-0.4, -0.2) is 55.1 Å². The van der Waals surface area contributed by atoms with Gasteiger partial charge in [0.05, 0.1) is 19.8 Å². The van der Waals surface area contributed by atoms with Crippen molar-refractivity contribution in [2.24, 2.45) is 0 Å². The van der Waals surface area contributed by atoms with Crippen LogP contribution in [0.5, 0.6) is 0 Å². The lowest BCUT2D eigenvalue weighted by Crippen LogP contribution is -2.46. The van der Waals surface area contributed by atoms with Crippen molar-refractivity contribution >= 4 is 5.91 Å². The highest BCUT2D eigenvalue weighted by Crippen LogP contribution is 2.20. The average molecular weight is 274 g/mol. The van der Waals surface area contributed by atoms with Gasteiger partial charge in [0.2, 0.25) is 5.91 Å². The van der Waals surface area contributed by atoms with Gasteiger partial charge >= 0.3 is 0 Å². The SMILES string of the molecule is Cc1ccc2c(c1)CCN(C(=O)CN1CCOCC1)C2. The van der Waals surface area contributed by atoms with Gasteiger partial charge < -0.3 is 9.64 Å². The number of hydrogen-bond donors (Lipinski definition) is 0. The number of morpholine rings is 1. The second-order valence-electron chi connectivity index (χ2n) is 5.73. The van der Waals surface area contributed by atoms with Gasteiger partial charge in [0.25, 0.3) is 0 Å². The monoisotopic (exact) mass is 274 g/mol. The lowest BCUT2D eigenvalue weighted by atomic mass is 9.97. The minimum atomic E-state index is 0.248. The fourth-order valence-electron chi connectivity index (χ4n) is 2.95. The molecule has 2 heterocycles. The number of aryl methyl sites for hydroxylation is 1. The van der Waals surface area contributed by atoms with Gasteiger partial charge in [0.1, 0.15) is 0 Å². The van der Waals surface area contributed by atoms with Gasteiger partial charge in [-0.1, -0.05) is 23.8 Å². The van der Waals surface area contributed by atoms with Gasteiger partial charge in [-0.05, 0) is 24.5 Å². The van der Waals surface area contributed by atoms with Crippen molar-refractivity contribution in [3.63, 3.8) is 0 Å². The first kappa shape index (κ1) is 13.6. The minimum absolute atomic E-state index is 0.248. The topological polar surface area (TPSA) is 32.8 Å². The van der Waals surface area contributed by atoms with Crippen LogP contribution in [0.3, 0.4) is 0 Å². The third kappa shape index (κ3) is 3.02. The molecule has 4 nitrogen and oxygen atoms in total. The molecule has 0 radical (unpaired) electrons. The summed E-state index contributed by atoms with van der Waals surface area (Å²) in [7, 11) is 0. The van der Waals surface area contributed by atoms with Gasteiger partial charge in [-0.25, -0.2) is 0 Å². The molecule has 1 aromatic rings. The molecule has 0 saturated carbocycles. The van der Waals surface area contributed by atoms with E-state index < -0.39 is 0 Å². The Labute approximate surface area is 120 Å². The first-order valence-corrected chi connectivity index (χ1v) is 7.38. The normalized spacial score (nSPS) is 19.8. The number of fused-ring (bicyclic) bond motifs is 1. The molecule has 1 fully saturated rings. The van der Waals surface area contributed by atoms with E-state index in [0.717, 1.165) is 45.8 Å². The molecule has 108 valence electrons. The zero-order chi connectivity index (χ0) is 13.9. The van der Waals surface area contributed by atoms with Crippen LogP contribution < -0.4 is 0 Å². The summed E-state index contributed by atoms with van der Waals surface area (Å²) in [4.78, 5) is 16.6. The zero-order valence-corrected chi connectivity index (χ0v) is 12.1. The van der Waals surface area contributed by atoms with Crippen LogP contribution in [-0.2, 0) is 22.5 Å². The Morgan fingerprint density at radius 2 is 2.00 bits per heavy atom. The minimum Gasteiger partial charge on any atom is -0.379 e. The molecule has 4 heteroatoms. The third-order valence-electron chi connectivity index (χ3n) is 4.19. The number of benzene rings is 1. The largest absolute Gasteiger partial charge is 0.379 e. The smallest absolute Gasteiger partial charge is 0.237 e. The Kier molecular flexibility index (Phi) is 4.03. The van der Waals surface area contributed by atoms with E-state index in [-0.39, 0.29) is 5.91 Å². The lowest BCUT2D eigenvalue weighted by Gasteiger charge is -2.32. The van der Waals surface area contributed by atoms with Crippen molar-refractivity contribution in [1.29, 1.82) is 0 Å². The molecule has 2 aliphatic rings. The first-order chi connectivity index (χ1) is 9.72. The van der Waals surface area contributed by atoms with Crippen LogP contribution in [0.25, 0.3) is 0 Å². The van der Waals surface area contributed by atoms with Crippen molar-refractivity contribution in [3.8, 4) is 0 Å². The zero-order valence-electron chi connectivity index (χ0n) is 12.1. The van der Waals surface area contributed by atoms with Crippen LogP contribution >= 0.6 is 0 Å². The molecule has 1 aromatic carbocycles. The quantitative estimate of drug-likeness (QED) is 0.813. The van der Waals surface area contributed by atoms with E-state index in [1.54, 1.807) is 0 Å². The summed E-state index contributed by atoms with van der Waals surface area (Å²) < 4.78 is 5.32. The van der Waals surface area contributed by atoms with Crippen molar-refractivity contribution < 1.29 is 9.53 Å². The van der Waals surface area contributed by atoms with Crippen LogP contribution in [0.2, 0.25) is 0 Å². The molecule has 1 amide bonds. The summed E-state index contributed by atoms with van der Waals surface area (Å²) in [6.07, 6.45) is 0.978. The highest BCUT2D eigenvalue weighted by Gasteiger charge is 2.23. The van der Waals surface area contributed by atoms with E-state index in [2.05, 4.69) is 30.0 Å². The summed E-state index contributed by atoms with van der Waals surface area (Å²) in [5.41, 5.74) is 4.01. The molecule has 0 atom stereocenters. The Balaban J connectivity index is 1.61. The molecule has 1 saturated heterocycles. The molecule has 0 aliphatic carbocycles. The lowest BCUT2D eigenvalue weighted by molar-refractivity contribution is -0.134. The predicted octanol–water partition coefficient (Wildman–Crippen LogP) is 1.21. The van der Waals surface area contributed by atoms with Gasteiger partial charge in [0.15, 0.2) is 0 Å². The Hall–Kier alpha value is -1.39. The number of nitrogens with zero attached hydrogens (tertiary/aromatic N) is 2. The van der Waals surface area contributed by atoms with E-state index in [4.69, 9.17) is 4.74 Å². The third-order valence-corrected chi connectivity index (χ3v) is 4.19. The van der Waals surface area contributed by atoms with E-state index in [1.165, 1.54) is 16.7 Å². The van der Waals surface area contributed by atoms with E-state index >= 15 is 0 Å². The maximum atomic E-state index is 12.4. The summed E-state index contributed by atoms with van der Waals surface area (Å²) in [5, 5.41) is 0. The standard InChI is InChI=1S/C16H22N2O2/c1-13-2-3-15-11-18(5-4-14(15)10-13)16(19)12-17-6-8-20-9-7-17/h2-3,10H,4-9,11-12H2,1H3. The summed E-state index contributed by atoms with van der Waals surface area (Å²) in [5.74, 6) is 0.248.